The van der Waals surface area contributed by atoms with Gasteiger partial charge in [0.25, 0.3) is 0 Å². The Morgan fingerprint density at radius 3 is 2.44 bits per heavy atom. The first kappa shape index (κ1) is 50.2. The van der Waals surface area contributed by atoms with E-state index in [1.165, 1.54) is 37.2 Å². The Labute approximate surface area is 391 Å². The van der Waals surface area contributed by atoms with Gasteiger partial charge in [0.2, 0.25) is 6.79 Å². The van der Waals surface area contributed by atoms with Crippen LogP contribution in [0.2, 0.25) is 0 Å². The maximum atomic E-state index is 14.5. The van der Waals surface area contributed by atoms with Gasteiger partial charge in [-0.25, -0.2) is 9.59 Å². The van der Waals surface area contributed by atoms with Crippen LogP contribution in [0.3, 0.4) is 0 Å². The van der Waals surface area contributed by atoms with Crippen molar-refractivity contribution in [3.8, 4) is 11.5 Å². The van der Waals surface area contributed by atoms with E-state index in [1.807, 2.05) is 56.4 Å². The van der Waals surface area contributed by atoms with E-state index in [0.29, 0.717) is 43.1 Å². The van der Waals surface area contributed by atoms with E-state index in [9.17, 15) is 24.6 Å². The van der Waals surface area contributed by atoms with Crippen LogP contribution in [0.25, 0.3) is 0 Å². The van der Waals surface area contributed by atoms with Gasteiger partial charge in [-0.3, -0.25) is 9.69 Å². The summed E-state index contributed by atoms with van der Waals surface area (Å²) < 4.78 is 35.7. The number of ether oxygens (including phenoxy) is 6. The minimum atomic E-state index is -2.28. The largest absolute Gasteiger partial charge is 0.497 e. The average molecular weight is 910 g/mol. The summed E-state index contributed by atoms with van der Waals surface area (Å²) in [6, 6.07) is 3.87. The molecule has 3 heterocycles. The number of benzene rings is 1. The molecule has 66 heavy (non-hydrogen) atoms. The second-order valence-corrected chi connectivity index (χ2v) is 19.8. The van der Waals surface area contributed by atoms with Crippen molar-refractivity contribution in [2.75, 3.05) is 27.1 Å². The van der Waals surface area contributed by atoms with E-state index in [2.05, 4.69) is 44.7 Å². The van der Waals surface area contributed by atoms with Crippen LogP contribution in [-0.4, -0.2) is 89.1 Å². The molecule has 1 aromatic rings. The molecule has 2 N–H and O–H groups in total. The van der Waals surface area contributed by atoms with Gasteiger partial charge in [0, 0.05) is 19.0 Å². The fraction of sp³-hybridized carbons (Fsp3) is 0.537. The van der Waals surface area contributed by atoms with Crippen molar-refractivity contribution in [3.63, 3.8) is 0 Å². The summed E-state index contributed by atoms with van der Waals surface area (Å²) in [4.78, 5) is 43.5. The quantitative estimate of drug-likeness (QED) is 0.0625. The zero-order valence-electron chi connectivity index (χ0n) is 40.4. The van der Waals surface area contributed by atoms with Crippen molar-refractivity contribution in [1.29, 1.82) is 0 Å². The summed E-state index contributed by atoms with van der Waals surface area (Å²) >= 11 is 0. The van der Waals surface area contributed by atoms with Gasteiger partial charge < -0.3 is 38.6 Å². The van der Waals surface area contributed by atoms with Gasteiger partial charge in [-0.15, -0.1) is 0 Å². The second kappa shape index (κ2) is 21.2. The number of hydrogen-bond donors (Lipinski definition) is 2. The van der Waals surface area contributed by atoms with Gasteiger partial charge in [0.15, 0.2) is 29.4 Å². The zero-order chi connectivity index (χ0) is 47.9. The summed E-state index contributed by atoms with van der Waals surface area (Å²) in [6.07, 6.45) is 23.9. The number of carbonyl (C=O) groups is 3. The van der Waals surface area contributed by atoms with Crippen molar-refractivity contribution >= 4 is 17.9 Å². The van der Waals surface area contributed by atoms with Gasteiger partial charge in [-0.05, 0) is 145 Å². The summed E-state index contributed by atoms with van der Waals surface area (Å²) in [5.74, 6) is -1.34. The van der Waals surface area contributed by atoms with Gasteiger partial charge >= 0.3 is 17.9 Å². The lowest BCUT2D eigenvalue weighted by Crippen LogP contribution is -2.52. The molecule has 1 saturated heterocycles. The fourth-order valence-corrected chi connectivity index (χ4v) is 10.2. The van der Waals surface area contributed by atoms with E-state index >= 15 is 0 Å². The number of nitrogens with zero attached hydrogens (tertiary/aromatic N) is 1. The molecule has 1 spiro atoms. The van der Waals surface area contributed by atoms with E-state index in [-0.39, 0.29) is 38.1 Å². The molecule has 6 rings (SSSR count). The predicted molar refractivity (Wildman–Crippen MR) is 253 cm³/mol. The molecule has 1 aromatic carbocycles. The minimum absolute atomic E-state index is 0.0471. The minimum Gasteiger partial charge on any atom is -0.497 e. The van der Waals surface area contributed by atoms with Crippen molar-refractivity contribution in [1.82, 2.24) is 4.90 Å². The molecule has 5 atom stereocenters. The normalized spacial score (nSPS) is 25.2. The van der Waals surface area contributed by atoms with Crippen LogP contribution < -0.4 is 9.47 Å². The van der Waals surface area contributed by atoms with Crippen LogP contribution in [0.5, 0.6) is 11.5 Å². The number of aliphatic hydroxyl groups is 2. The molecular formula is C54H71NO11. The Kier molecular flexibility index (Phi) is 16.1. The number of carbonyl (C=O) groups excluding carboxylic acids is 3. The van der Waals surface area contributed by atoms with Crippen molar-refractivity contribution in [2.45, 2.75) is 155 Å². The molecule has 2 aliphatic carbocycles. The van der Waals surface area contributed by atoms with E-state index in [0.717, 1.165) is 28.7 Å². The Morgan fingerprint density at radius 1 is 0.970 bits per heavy atom. The third-order valence-corrected chi connectivity index (χ3v) is 13.6. The van der Waals surface area contributed by atoms with E-state index < -0.39 is 59.3 Å². The maximum Gasteiger partial charge on any atom is 0.339 e. The average Bonchev–Trinajstić information content (AvgIpc) is 3.90. The number of fused-ring (bicyclic) bond motifs is 3. The summed E-state index contributed by atoms with van der Waals surface area (Å²) in [5.41, 5.74) is 2.46. The second-order valence-electron chi connectivity index (χ2n) is 19.8. The van der Waals surface area contributed by atoms with Gasteiger partial charge in [0.05, 0.1) is 30.6 Å². The first-order valence-electron chi connectivity index (χ1n) is 23.5. The smallest absolute Gasteiger partial charge is 0.339 e. The lowest BCUT2D eigenvalue weighted by atomic mass is 9.72. The molecule has 0 saturated carbocycles. The Morgan fingerprint density at radius 2 is 1.73 bits per heavy atom. The molecule has 358 valence electrons. The van der Waals surface area contributed by atoms with Crippen molar-refractivity contribution in [3.05, 3.63) is 118 Å². The maximum absolute atomic E-state index is 14.5. The van der Waals surface area contributed by atoms with Crippen LogP contribution in [-0.2, 0) is 39.8 Å². The number of allylic oxidation sites excluding steroid dienone is 12. The monoisotopic (exact) mass is 910 g/mol. The first-order chi connectivity index (χ1) is 31.3. The summed E-state index contributed by atoms with van der Waals surface area (Å²) in [7, 11) is 1.50. The van der Waals surface area contributed by atoms with Crippen LogP contribution in [0.4, 0.5) is 0 Å². The molecule has 0 aromatic heterocycles. The lowest BCUT2D eigenvalue weighted by Gasteiger charge is -2.41. The van der Waals surface area contributed by atoms with Crippen LogP contribution in [0, 0.1) is 5.41 Å². The molecular weight excluding hydrogens is 839 g/mol. The van der Waals surface area contributed by atoms with Gasteiger partial charge in [-0.1, -0.05) is 73.6 Å². The molecule has 0 radical (unpaired) electrons. The van der Waals surface area contributed by atoms with Crippen molar-refractivity contribution in [2.24, 2.45) is 5.41 Å². The molecule has 1 fully saturated rings. The van der Waals surface area contributed by atoms with Crippen molar-refractivity contribution < 1.29 is 53.0 Å². The van der Waals surface area contributed by atoms with Crippen LogP contribution in [0.1, 0.15) is 130 Å². The number of esters is 3. The first-order valence-corrected chi connectivity index (χ1v) is 23.5. The number of hydrogen-bond acceptors (Lipinski definition) is 12. The zero-order valence-corrected chi connectivity index (χ0v) is 40.4. The predicted octanol–water partition coefficient (Wildman–Crippen LogP) is 9.48. The molecule has 12 heteroatoms. The highest BCUT2D eigenvalue weighted by atomic mass is 16.7. The highest BCUT2D eigenvalue weighted by Crippen LogP contribution is 2.57. The third-order valence-electron chi connectivity index (χ3n) is 13.6. The Balaban J connectivity index is 1.24. The SMILES string of the molecule is C/C=C/C=C/COC(=O)CC(O)(CCCC(C)(C)O)C(=O)O[C@@H]1C(OC)=C[C@]23CCC(OC(=O)/C=C(C)/C=C/C=C(C)/C=C/C4=C(C)CCCC4(C)C)N2CCc2cc4c(cc2[C@H]13)OCO4. The lowest BCUT2D eigenvalue weighted by molar-refractivity contribution is -0.179. The summed E-state index contributed by atoms with van der Waals surface area (Å²) in [5, 5.41) is 22.6. The number of methoxy groups -OCH3 is 1. The molecule has 2 unspecified atom stereocenters. The van der Waals surface area contributed by atoms with Gasteiger partial charge in [-0.2, -0.15) is 0 Å². The fourth-order valence-electron chi connectivity index (χ4n) is 10.2. The Hall–Kier alpha value is -5.17. The summed E-state index contributed by atoms with van der Waals surface area (Å²) in [6.45, 7) is 16.5. The highest BCUT2D eigenvalue weighted by molar-refractivity contribution is 5.86. The van der Waals surface area contributed by atoms with E-state index in [4.69, 9.17) is 28.4 Å². The molecule has 5 aliphatic rings. The Bertz CT molecular complexity index is 2230. The van der Waals surface area contributed by atoms with Crippen LogP contribution in [0.15, 0.2) is 107 Å². The molecule has 0 bridgehead atoms. The molecule has 3 aliphatic heterocycles. The third kappa shape index (κ3) is 11.9. The van der Waals surface area contributed by atoms with Gasteiger partial charge in [0.1, 0.15) is 12.4 Å². The molecule has 12 nitrogen and oxygen atoms in total. The molecule has 0 amide bonds. The van der Waals surface area contributed by atoms with E-state index in [1.54, 1.807) is 32.1 Å². The standard InChI is InChI=1S/C54H71NO11/c1-10-11-12-13-29-62-47(57)34-54(60,26-16-25-52(7,8)59)50(58)66-49-44(61-9)33-53-27-22-45(55(53)28-23-39-31-42-43(64-35-63-42)32-40(39)48(49)53)65-46(56)30-37(3)18-14-17-36(2)20-21-41-38(4)19-15-24-51(41,5)6/h10-14,17-18,20-21,30-33,45,48-49,59-60H,15-16,19,22-29,34-35H2,1-9H3/b11-10+,13-12+,18-14+,21-20+,36-17+,37-30+/t45?,48-,49-,53+,54?/m1/s1. The topological polar surface area (TPSA) is 150 Å². The van der Waals surface area contributed by atoms with Crippen LogP contribution >= 0.6 is 0 Å². The highest BCUT2D eigenvalue weighted by Gasteiger charge is 2.62. The number of rotatable bonds is 18.